The Labute approximate surface area is 166 Å². The number of fused-ring (bicyclic) bond motifs is 1. The van der Waals surface area contributed by atoms with Crippen molar-refractivity contribution in [2.75, 3.05) is 13.7 Å². The van der Waals surface area contributed by atoms with Crippen LogP contribution in [0.3, 0.4) is 0 Å². The minimum atomic E-state index is -1.33. The highest BCUT2D eigenvalue weighted by Gasteiger charge is 2.09. The lowest BCUT2D eigenvalue weighted by Crippen LogP contribution is -2.29. The van der Waals surface area contributed by atoms with Crippen molar-refractivity contribution in [2.24, 2.45) is 5.10 Å². The van der Waals surface area contributed by atoms with Crippen LogP contribution < -0.4 is 20.0 Å². The molecule has 0 bridgehead atoms. The van der Waals surface area contributed by atoms with Crippen molar-refractivity contribution in [1.29, 1.82) is 0 Å². The predicted molar refractivity (Wildman–Crippen MR) is 104 cm³/mol. The second-order valence-electron chi connectivity index (χ2n) is 6.12. The van der Waals surface area contributed by atoms with Gasteiger partial charge in [-0.3, -0.25) is 4.79 Å². The number of hydrogen-bond acceptors (Lipinski definition) is 7. The smallest absolute Gasteiger partial charge is 0.260 e. The zero-order valence-corrected chi connectivity index (χ0v) is 15.9. The SMILES string of the molecule is COc1cc(/C(C)=N\NC(=O)Cn2cnc3ccccc32)ccc1OCC(=O)[O-]. The van der Waals surface area contributed by atoms with E-state index in [1.165, 1.54) is 7.11 Å². The van der Waals surface area contributed by atoms with Gasteiger partial charge in [0, 0.05) is 5.56 Å². The monoisotopic (exact) mass is 395 g/mol. The largest absolute Gasteiger partial charge is 0.546 e. The van der Waals surface area contributed by atoms with Crippen molar-refractivity contribution in [1.82, 2.24) is 15.0 Å². The van der Waals surface area contributed by atoms with Crippen LogP contribution in [0.4, 0.5) is 0 Å². The molecule has 1 aromatic heterocycles. The Kier molecular flexibility index (Phi) is 6.08. The van der Waals surface area contributed by atoms with Crippen LogP contribution in [0.15, 0.2) is 53.9 Å². The van der Waals surface area contributed by atoms with Crippen LogP contribution in [0.1, 0.15) is 12.5 Å². The number of carbonyl (C=O) groups is 2. The molecular formula is C20H19N4O5-. The summed E-state index contributed by atoms with van der Waals surface area (Å²) in [7, 11) is 1.44. The maximum absolute atomic E-state index is 12.2. The summed E-state index contributed by atoms with van der Waals surface area (Å²) in [6.45, 7) is 1.22. The third kappa shape index (κ3) is 4.89. The summed E-state index contributed by atoms with van der Waals surface area (Å²) in [4.78, 5) is 27.0. The minimum Gasteiger partial charge on any atom is -0.546 e. The molecule has 0 atom stereocenters. The van der Waals surface area contributed by atoms with Crippen molar-refractivity contribution < 1.29 is 24.2 Å². The number of para-hydroxylation sites is 2. The Balaban J connectivity index is 1.67. The summed E-state index contributed by atoms with van der Waals surface area (Å²) in [6, 6.07) is 12.4. The molecule has 3 rings (SSSR count). The second kappa shape index (κ2) is 8.87. The van der Waals surface area contributed by atoms with Gasteiger partial charge in [-0.05, 0) is 37.3 Å². The third-order valence-corrected chi connectivity index (χ3v) is 4.12. The predicted octanol–water partition coefficient (Wildman–Crippen LogP) is 0.714. The molecule has 2 aromatic carbocycles. The molecular weight excluding hydrogens is 376 g/mol. The molecule has 0 spiro atoms. The first kappa shape index (κ1) is 19.9. The number of hydrogen-bond donors (Lipinski definition) is 1. The fourth-order valence-corrected chi connectivity index (χ4v) is 2.69. The maximum atomic E-state index is 12.2. The van der Waals surface area contributed by atoms with Crippen molar-refractivity contribution >= 4 is 28.6 Å². The van der Waals surface area contributed by atoms with Gasteiger partial charge in [0.1, 0.15) is 13.2 Å². The van der Waals surface area contributed by atoms with Crippen LogP contribution in [0.5, 0.6) is 11.5 Å². The number of nitrogens with zero attached hydrogens (tertiary/aromatic N) is 3. The Morgan fingerprint density at radius 3 is 2.76 bits per heavy atom. The summed E-state index contributed by atoms with van der Waals surface area (Å²) in [5, 5.41) is 14.7. The van der Waals surface area contributed by atoms with Gasteiger partial charge in [0.25, 0.3) is 5.91 Å². The molecule has 0 aliphatic rings. The van der Waals surface area contributed by atoms with Crippen LogP contribution in [0.2, 0.25) is 0 Å². The van der Waals surface area contributed by atoms with Gasteiger partial charge in [0.2, 0.25) is 0 Å². The number of nitrogens with one attached hydrogen (secondary N) is 1. The van der Waals surface area contributed by atoms with Gasteiger partial charge < -0.3 is 23.9 Å². The first-order chi connectivity index (χ1) is 14.0. The van der Waals surface area contributed by atoms with Crippen LogP contribution in [-0.2, 0) is 16.1 Å². The van der Waals surface area contributed by atoms with Crippen molar-refractivity contribution in [2.45, 2.75) is 13.5 Å². The zero-order chi connectivity index (χ0) is 20.8. The van der Waals surface area contributed by atoms with E-state index in [0.29, 0.717) is 17.0 Å². The molecule has 1 heterocycles. The van der Waals surface area contributed by atoms with Crippen molar-refractivity contribution in [3.8, 4) is 11.5 Å². The molecule has 1 amide bonds. The normalized spacial score (nSPS) is 11.3. The molecule has 0 saturated heterocycles. The van der Waals surface area contributed by atoms with Crippen LogP contribution in [0.25, 0.3) is 11.0 Å². The zero-order valence-electron chi connectivity index (χ0n) is 15.9. The highest BCUT2D eigenvalue weighted by molar-refractivity contribution is 5.99. The maximum Gasteiger partial charge on any atom is 0.260 e. The fourth-order valence-electron chi connectivity index (χ4n) is 2.69. The molecule has 150 valence electrons. The summed E-state index contributed by atoms with van der Waals surface area (Å²) in [5.74, 6) is -1.02. The molecule has 9 nitrogen and oxygen atoms in total. The number of carboxylic acid groups (broad SMARTS) is 1. The lowest BCUT2D eigenvalue weighted by Gasteiger charge is -2.12. The Morgan fingerprint density at radius 2 is 2.00 bits per heavy atom. The van der Waals surface area contributed by atoms with Crippen LogP contribution >= 0.6 is 0 Å². The number of amides is 1. The van der Waals surface area contributed by atoms with Gasteiger partial charge in [0.05, 0.1) is 36.2 Å². The first-order valence-electron chi connectivity index (χ1n) is 8.72. The molecule has 0 saturated carbocycles. The van der Waals surface area contributed by atoms with E-state index < -0.39 is 12.6 Å². The quantitative estimate of drug-likeness (QED) is 0.443. The Bertz CT molecular complexity index is 1070. The standard InChI is InChI=1S/C20H20N4O5/c1-13(14-7-8-17(18(9-14)28-2)29-11-20(26)27)22-23-19(25)10-24-12-21-15-5-3-4-6-16(15)24/h3-9,12H,10-11H2,1-2H3,(H,23,25)(H,26,27)/p-1/b22-13-. The van der Waals surface area contributed by atoms with E-state index in [9.17, 15) is 14.7 Å². The number of aliphatic carboxylic acids is 1. The van der Waals surface area contributed by atoms with E-state index in [4.69, 9.17) is 9.47 Å². The van der Waals surface area contributed by atoms with E-state index in [1.807, 2.05) is 24.3 Å². The molecule has 0 fully saturated rings. The van der Waals surface area contributed by atoms with Gasteiger partial charge in [0.15, 0.2) is 11.5 Å². The average Bonchev–Trinajstić information content (AvgIpc) is 3.13. The molecule has 9 heteroatoms. The second-order valence-corrected chi connectivity index (χ2v) is 6.12. The van der Waals surface area contributed by atoms with Gasteiger partial charge in [-0.1, -0.05) is 12.1 Å². The number of imidazole rings is 1. The molecule has 0 aliphatic carbocycles. The average molecular weight is 395 g/mol. The van der Waals surface area contributed by atoms with Crippen molar-refractivity contribution in [3.63, 3.8) is 0 Å². The number of rotatable bonds is 8. The minimum absolute atomic E-state index is 0.0800. The molecule has 3 aromatic rings. The third-order valence-electron chi connectivity index (χ3n) is 4.12. The van der Waals surface area contributed by atoms with Crippen LogP contribution in [-0.4, -0.2) is 40.9 Å². The summed E-state index contributed by atoms with van der Waals surface area (Å²) in [5.41, 5.74) is 5.41. The number of aromatic nitrogens is 2. The molecule has 1 N–H and O–H groups in total. The number of ether oxygens (including phenoxy) is 2. The molecule has 29 heavy (non-hydrogen) atoms. The van der Waals surface area contributed by atoms with Crippen molar-refractivity contribution in [3.05, 3.63) is 54.4 Å². The summed E-state index contributed by atoms with van der Waals surface area (Å²) >= 11 is 0. The van der Waals surface area contributed by atoms with Crippen LogP contribution in [0, 0.1) is 0 Å². The van der Waals surface area contributed by atoms with E-state index in [0.717, 1.165) is 11.0 Å². The Hall–Kier alpha value is -3.88. The summed E-state index contributed by atoms with van der Waals surface area (Å²) in [6.07, 6.45) is 1.61. The van der Waals surface area contributed by atoms with E-state index >= 15 is 0 Å². The highest BCUT2D eigenvalue weighted by atomic mass is 16.5. The summed E-state index contributed by atoms with van der Waals surface area (Å²) < 4.78 is 12.1. The topological polar surface area (TPSA) is 118 Å². The number of benzene rings is 2. The van der Waals surface area contributed by atoms with E-state index in [1.54, 1.807) is 36.0 Å². The van der Waals surface area contributed by atoms with Gasteiger partial charge >= 0.3 is 0 Å². The Morgan fingerprint density at radius 1 is 1.21 bits per heavy atom. The molecule has 0 unspecified atom stereocenters. The highest BCUT2D eigenvalue weighted by Crippen LogP contribution is 2.28. The lowest BCUT2D eigenvalue weighted by atomic mass is 10.1. The van der Waals surface area contributed by atoms with E-state index in [2.05, 4.69) is 15.5 Å². The number of carboxylic acids is 1. The lowest BCUT2D eigenvalue weighted by molar-refractivity contribution is -0.307. The number of hydrazone groups is 1. The number of carbonyl (C=O) groups excluding carboxylic acids is 2. The molecule has 0 radical (unpaired) electrons. The number of methoxy groups -OCH3 is 1. The van der Waals surface area contributed by atoms with E-state index in [-0.39, 0.29) is 18.2 Å². The first-order valence-corrected chi connectivity index (χ1v) is 8.72. The molecule has 0 aliphatic heterocycles. The van der Waals surface area contributed by atoms with Gasteiger partial charge in [-0.25, -0.2) is 10.4 Å². The van der Waals surface area contributed by atoms with Gasteiger partial charge in [-0.2, -0.15) is 5.10 Å². The fraction of sp³-hybridized carbons (Fsp3) is 0.200. The van der Waals surface area contributed by atoms with Gasteiger partial charge in [-0.15, -0.1) is 0 Å².